The molecule has 0 radical (unpaired) electrons. The van der Waals surface area contributed by atoms with Crippen molar-refractivity contribution >= 4 is 34.1 Å². The van der Waals surface area contributed by atoms with E-state index in [-0.39, 0.29) is 55.2 Å². The minimum Gasteiger partial charge on any atom is -0.309 e. The van der Waals surface area contributed by atoms with Gasteiger partial charge in [0.15, 0.2) is 0 Å². The van der Waals surface area contributed by atoms with Crippen LogP contribution >= 0.6 is 0 Å². The molecule has 0 aromatic heterocycles. The van der Waals surface area contributed by atoms with E-state index in [2.05, 4.69) is 443 Å². The standard InChI is InChI=1S/C113H120N2/c1-106(2,3)81-49-39-70(40-50-81)91-35-29-36-92(71-41-51-82(52-42-71)107(4,5)6)104(91)114-97-64-74(78-60-85(110(13,14)15)68-86(61-78)111(16,17)18)47-57-95(97)102-96-58-48-75(79-62-87(112(19,20)21)69-88(63-79)113(22,23)24)65-98(96)115(100-67-80(66-99(114)103(100)102)101-89-33-27-25-31-76(89)59-77-32-26-28-34-90(77)101)105-93(72-43-53-83(54-44-72)108(7,8)9)37-30-38-94(105)73-45-55-84(56-46-73)109(10,11)12/h25-58,60-69,101-102H,59H2,1-24H3. The van der Waals surface area contributed by atoms with Crippen LogP contribution in [0.4, 0.5) is 34.1 Å². The summed E-state index contributed by atoms with van der Waals surface area (Å²) >= 11 is 0. The van der Waals surface area contributed by atoms with Crippen LogP contribution in [0.25, 0.3) is 66.8 Å². The predicted molar refractivity (Wildman–Crippen MR) is 496 cm³/mol. The van der Waals surface area contributed by atoms with Crippen molar-refractivity contribution in [3.63, 3.8) is 0 Å². The van der Waals surface area contributed by atoms with E-state index in [0.29, 0.717) is 0 Å². The van der Waals surface area contributed by atoms with Gasteiger partial charge in [-0.3, -0.25) is 0 Å². The van der Waals surface area contributed by atoms with Crippen molar-refractivity contribution in [3.8, 4) is 66.8 Å². The molecule has 0 amide bonds. The van der Waals surface area contributed by atoms with Gasteiger partial charge in [-0.1, -0.05) is 409 Å². The Morgan fingerprint density at radius 3 is 0.757 bits per heavy atom. The zero-order valence-electron chi connectivity index (χ0n) is 73.2. The number of nitrogens with zero attached hydrogens (tertiary/aromatic N) is 2. The van der Waals surface area contributed by atoms with Gasteiger partial charge >= 0.3 is 0 Å². The van der Waals surface area contributed by atoms with E-state index in [1.807, 2.05) is 0 Å². The first-order valence-electron chi connectivity index (χ1n) is 42.3. The first kappa shape index (κ1) is 78.4. The molecule has 0 N–H and O–H groups in total. The van der Waals surface area contributed by atoms with Crippen molar-refractivity contribution in [2.24, 2.45) is 0 Å². The monoisotopic (exact) mass is 1500 g/mol. The Morgan fingerprint density at radius 2 is 0.478 bits per heavy atom. The van der Waals surface area contributed by atoms with E-state index < -0.39 is 0 Å². The Morgan fingerprint density at radius 1 is 0.209 bits per heavy atom. The number of para-hydroxylation sites is 2. The Kier molecular flexibility index (Phi) is 19.2. The van der Waals surface area contributed by atoms with Crippen LogP contribution in [0.5, 0.6) is 0 Å². The highest BCUT2D eigenvalue weighted by atomic mass is 15.2. The summed E-state index contributed by atoms with van der Waals surface area (Å²) in [4.78, 5) is 5.59. The van der Waals surface area contributed by atoms with Crippen molar-refractivity contribution < 1.29 is 0 Å². The first-order chi connectivity index (χ1) is 54.1. The van der Waals surface area contributed by atoms with Gasteiger partial charge in [-0.15, -0.1) is 0 Å². The van der Waals surface area contributed by atoms with E-state index in [9.17, 15) is 0 Å². The van der Waals surface area contributed by atoms with Gasteiger partial charge in [-0.25, -0.2) is 0 Å². The molecule has 0 atom stereocenters. The lowest BCUT2D eigenvalue weighted by molar-refractivity contribution is 0.568. The number of rotatable bonds is 9. The molecule has 582 valence electrons. The number of hydrogen-bond donors (Lipinski definition) is 0. The second kappa shape index (κ2) is 28.1. The van der Waals surface area contributed by atoms with Crippen LogP contribution in [0, 0.1) is 0 Å². The van der Waals surface area contributed by atoms with Gasteiger partial charge in [0.25, 0.3) is 0 Å². The molecule has 13 aromatic rings. The summed E-state index contributed by atoms with van der Waals surface area (Å²) in [6, 6.07) is 107. The SMILES string of the molecule is CC(C)(C)c1ccc(-c2cccc(-c3ccc(C(C)(C)C)cc3)c2N2c3cc(-c4cc(C(C)(C)C)cc(C(C)(C)C)c4)ccc3C3c4ccc(-c5cc(C(C)(C)C)cc(C(C)(C)C)c5)cc4N(c4c(-c5ccc(C(C)(C)C)cc5)cccc4-c4ccc(C(C)(C)C)cc4)c4cc(C5c6ccccc6Cc6ccccc65)cc2c43)cc1. The van der Waals surface area contributed by atoms with Crippen LogP contribution < -0.4 is 9.80 Å². The van der Waals surface area contributed by atoms with Crippen molar-refractivity contribution in [2.45, 2.75) is 228 Å². The molecule has 0 fully saturated rings. The topological polar surface area (TPSA) is 6.48 Å². The molecular weight excluding hydrogens is 1390 g/mol. The predicted octanol–water partition coefficient (Wildman–Crippen LogP) is 31.9. The molecule has 2 heterocycles. The molecule has 2 heteroatoms. The highest BCUT2D eigenvalue weighted by molar-refractivity contribution is 6.07. The quantitative estimate of drug-likeness (QED) is 0.142. The van der Waals surface area contributed by atoms with E-state index in [0.717, 1.165) is 17.8 Å². The van der Waals surface area contributed by atoms with E-state index in [1.54, 1.807) is 0 Å². The highest BCUT2D eigenvalue weighted by Crippen LogP contribution is 2.66. The molecule has 16 rings (SSSR count). The first-order valence-corrected chi connectivity index (χ1v) is 42.3. The number of benzene rings is 13. The molecule has 1 aliphatic carbocycles. The van der Waals surface area contributed by atoms with E-state index >= 15 is 0 Å². The fraction of sp³-hybridized carbons (Fsp3) is 0.310. The third kappa shape index (κ3) is 14.7. The third-order valence-corrected chi connectivity index (χ3v) is 25.3. The van der Waals surface area contributed by atoms with E-state index in [4.69, 9.17) is 0 Å². The molecule has 2 nitrogen and oxygen atoms in total. The van der Waals surface area contributed by atoms with Crippen LogP contribution in [-0.2, 0) is 49.7 Å². The average molecular weight is 1510 g/mol. The highest BCUT2D eigenvalue weighted by Gasteiger charge is 2.45. The van der Waals surface area contributed by atoms with Gasteiger partial charge in [0.1, 0.15) is 0 Å². The third-order valence-electron chi connectivity index (χ3n) is 25.3. The molecule has 0 spiro atoms. The molecule has 2 aliphatic heterocycles. The summed E-state index contributed by atoms with van der Waals surface area (Å²) < 4.78 is 0. The Labute approximate surface area is 689 Å². The lowest BCUT2D eigenvalue weighted by Crippen LogP contribution is -2.31. The van der Waals surface area contributed by atoms with Crippen molar-refractivity contribution in [1.29, 1.82) is 0 Å². The Bertz CT molecular complexity index is 5340. The second-order valence-electron chi connectivity index (χ2n) is 41.9. The number of anilines is 6. The minimum absolute atomic E-state index is 0.0543. The van der Waals surface area contributed by atoms with Crippen LogP contribution in [0.2, 0.25) is 0 Å². The second-order valence-corrected chi connectivity index (χ2v) is 41.9. The van der Waals surface area contributed by atoms with Crippen LogP contribution in [-0.4, -0.2) is 0 Å². The molecule has 0 saturated carbocycles. The van der Waals surface area contributed by atoms with Gasteiger partial charge in [0, 0.05) is 39.7 Å². The number of fused-ring (bicyclic) bond motifs is 6. The molecule has 13 aromatic carbocycles. The van der Waals surface area contributed by atoms with Crippen LogP contribution in [0.1, 0.15) is 267 Å². The molecule has 3 aliphatic rings. The molecule has 0 bridgehead atoms. The van der Waals surface area contributed by atoms with E-state index in [1.165, 1.54) is 179 Å². The van der Waals surface area contributed by atoms with Crippen LogP contribution in [0.15, 0.2) is 267 Å². The summed E-state index contributed by atoms with van der Waals surface area (Å²) in [6.45, 7) is 56.4. The fourth-order valence-electron chi connectivity index (χ4n) is 18.1. The average Bonchev–Trinajstić information content (AvgIpc) is 0.683. The molecule has 0 unspecified atom stereocenters. The van der Waals surface area contributed by atoms with Gasteiger partial charge in [0.2, 0.25) is 0 Å². The maximum absolute atomic E-state index is 2.80. The lowest BCUT2D eigenvalue weighted by Gasteiger charge is -2.47. The van der Waals surface area contributed by atoms with Crippen LogP contribution in [0.3, 0.4) is 0 Å². The molecule has 115 heavy (non-hydrogen) atoms. The zero-order valence-corrected chi connectivity index (χ0v) is 73.2. The summed E-state index contributed by atoms with van der Waals surface area (Å²) in [5.74, 6) is -0.380. The Balaban J connectivity index is 1.12. The zero-order chi connectivity index (χ0) is 81.8. The molecular formula is C113H120N2. The Hall–Kier alpha value is -10.5. The number of hydrogen-bond acceptors (Lipinski definition) is 2. The lowest BCUT2D eigenvalue weighted by atomic mass is 9.71. The van der Waals surface area contributed by atoms with Gasteiger partial charge < -0.3 is 9.80 Å². The van der Waals surface area contributed by atoms with Crippen molar-refractivity contribution in [1.82, 2.24) is 0 Å². The van der Waals surface area contributed by atoms with Gasteiger partial charge in [-0.2, -0.15) is 0 Å². The summed E-state index contributed by atoms with van der Waals surface area (Å²) in [6.07, 6.45) is 0.867. The van der Waals surface area contributed by atoms with Gasteiger partial charge in [-0.05, 0) is 202 Å². The fourth-order valence-corrected chi connectivity index (χ4v) is 18.1. The molecule has 0 saturated heterocycles. The maximum Gasteiger partial charge on any atom is 0.0618 e. The van der Waals surface area contributed by atoms with Crippen molar-refractivity contribution in [2.75, 3.05) is 9.80 Å². The summed E-state index contributed by atoms with van der Waals surface area (Å²) in [5.41, 5.74) is 41.5. The largest absolute Gasteiger partial charge is 0.309 e. The van der Waals surface area contributed by atoms with Crippen molar-refractivity contribution in [3.05, 3.63) is 356 Å². The summed E-state index contributed by atoms with van der Waals surface area (Å²) in [7, 11) is 0. The maximum atomic E-state index is 2.80. The minimum atomic E-state index is -0.247. The summed E-state index contributed by atoms with van der Waals surface area (Å²) in [5, 5.41) is 0. The smallest absolute Gasteiger partial charge is 0.0618 e. The normalized spacial score (nSPS) is 14.1. The van der Waals surface area contributed by atoms with Gasteiger partial charge in [0.05, 0.1) is 34.1 Å².